The summed E-state index contributed by atoms with van der Waals surface area (Å²) in [6.07, 6.45) is 2.36. The first-order valence-corrected chi connectivity index (χ1v) is 8.99. The van der Waals surface area contributed by atoms with Crippen LogP contribution in [0.2, 0.25) is 0 Å². The fraction of sp³-hybridized carbons (Fsp3) is 0.316. The minimum atomic E-state index is -1.04. The normalized spacial score (nSPS) is 13.8. The Morgan fingerprint density at radius 1 is 1.29 bits per heavy atom. The lowest BCUT2D eigenvalue weighted by atomic mass is 10.0. The van der Waals surface area contributed by atoms with E-state index in [4.69, 9.17) is 0 Å². The third kappa shape index (κ3) is 3.37. The topological polar surface area (TPSA) is 54.3 Å². The molecule has 0 aliphatic carbocycles. The fourth-order valence-corrected chi connectivity index (χ4v) is 3.69. The van der Waals surface area contributed by atoms with Crippen molar-refractivity contribution in [3.63, 3.8) is 0 Å². The van der Waals surface area contributed by atoms with Gasteiger partial charge >= 0.3 is 0 Å². The molecular formula is C19H22N2O2S. The van der Waals surface area contributed by atoms with Gasteiger partial charge in [-0.05, 0) is 36.9 Å². The van der Waals surface area contributed by atoms with Crippen LogP contribution < -0.4 is 5.32 Å². The Morgan fingerprint density at radius 3 is 2.79 bits per heavy atom. The maximum atomic E-state index is 12.3. The standard InChI is InChI=1S/C19H22N2O2S/c1-3-21-12-14(15-7-4-5-8-16(15)21)11-18(22)20-13-19(2,23)17-9-6-10-24-17/h4-10,12,23H,3,11,13H2,1-2H3,(H,20,22). The summed E-state index contributed by atoms with van der Waals surface area (Å²) in [4.78, 5) is 13.2. The summed E-state index contributed by atoms with van der Waals surface area (Å²) in [7, 11) is 0. The first-order valence-electron chi connectivity index (χ1n) is 8.11. The molecule has 0 fully saturated rings. The Hall–Kier alpha value is -2.11. The molecule has 1 aromatic carbocycles. The lowest BCUT2D eigenvalue weighted by molar-refractivity contribution is -0.121. The van der Waals surface area contributed by atoms with Gasteiger partial charge in [0.1, 0.15) is 5.60 Å². The van der Waals surface area contributed by atoms with Gasteiger partial charge in [0, 0.05) is 28.5 Å². The van der Waals surface area contributed by atoms with E-state index in [1.54, 1.807) is 6.92 Å². The van der Waals surface area contributed by atoms with Crippen LogP contribution in [0.25, 0.3) is 10.9 Å². The maximum absolute atomic E-state index is 12.3. The first kappa shape index (κ1) is 16.7. The molecule has 1 amide bonds. The first-order chi connectivity index (χ1) is 11.5. The molecule has 1 unspecified atom stereocenters. The molecule has 0 spiro atoms. The number of aromatic nitrogens is 1. The molecule has 126 valence electrons. The second-order valence-corrected chi connectivity index (χ2v) is 7.11. The molecule has 24 heavy (non-hydrogen) atoms. The molecule has 0 aliphatic heterocycles. The van der Waals surface area contributed by atoms with Gasteiger partial charge in [0.15, 0.2) is 0 Å². The van der Waals surface area contributed by atoms with Crippen molar-refractivity contribution >= 4 is 28.1 Å². The lowest BCUT2D eigenvalue weighted by Gasteiger charge is -2.22. The van der Waals surface area contributed by atoms with E-state index in [1.165, 1.54) is 11.3 Å². The molecular weight excluding hydrogens is 320 g/mol. The van der Waals surface area contributed by atoms with E-state index in [-0.39, 0.29) is 12.5 Å². The lowest BCUT2D eigenvalue weighted by Crippen LogP contribution is -2.38. The smallest absolute Gasteiger partial charge is 0.224 e. The van der Waals surface area contributed by atoms with Crippen molar-refractivity contribution in [2.24, 2.45) is 0 Å². The summed E-state index contributed by atoms with van der Waals surface area (Å²) in [5.74, 6) is -0.0779. The quantitative estimate of drug-likeness (QED) is 0.722. The van der Waals surface area contributed by atoms with Gasteiger partial charge in [-0.2, -0.15) is 0 Å². The number of fused-ring (bicyclic) bond motifs is 1. The maximum Gasteiger partial charge on any atom is 0.224 e. The average molecular weight is 342 g/mol. The number of nitrogens with one attached hydrogen (secondary N) is 1. The number of benzene rings is 1. The van der Waals surface area contributed by atoms with Crippen molar-refractivity contribution in [1.82, 2.24) is 9.88 Å². The zero-order valence-corrected chi connectivity index (χ0v) is 14.8. The summed E-state index contributed by atoms with van der Waals surface area (Å²) in [5.41, 5.74) is 1.12. The Bertz CT molecular complexity index is 834. The number of amides is 1. The van der Waals surface area contributed by atoms with Gasteiger partial charge < -0.3 is 15.0 Å². The van der Waals surface area contributed by atoms with Crippen LogP contribution in [0, 0.1) is 0 Å². The predicted octanol–water partition coefficient (Wildman–Crippen LogP) is 3.29. The molecule has 0 aliphatic rings. The highest BCUT2D eigenvalue weighted by Gasteiger charge is 2.25. The molecule has 4 nitrogen and oxygen atoms in total. The summed E-state index contributed by atoms with van der Waals surface area (Å²) < 4.78 is 2.15. The second-order valence-electron chi connectivity index (χ2n) is 6.16. The Balaban J connectivity index is 1.69. The van der Waals surface area contributed by atoms with Crippen LogP contribution in [0.15, 0.2) is 48.0 Å². The van der Waals surface area contributed by atoms with Crippen LogP contribution in [0.3, 0.4) is 0 Å². The fourth-order valence-electron chi connectivity index (χ4n) is 2.90. The number of aryl methyl sites for hydroxylation is 1. The molecule has 3 aromatic rings. The number of carbonyl (C=O) groups excluding carboxylic acids is 1. The van der Waals surface area contributed by atoms with Crippen LogP contribution in [0.1, 0.15) is 24.3 Å². The number of hydrogen-bond donors (Lipinski definition) is 2. The van der Waals surface area contributed by atoms with Crippen LogP contribution in [0.5, 0.6) is 0 Å². The molecule has 2 heterocycles. The van der Waals surface area contributed by atoms with Gasteiger partial charge in [0.05, 0.1) is 13.0 Å². The number of nitrogens with zero attached hydrogens (tertiary/aromatic N) is 1. The van der Waals surface area contributed by atoms with Gasteiger partial charge in [0.2, 0.25) is 5.91 Å². The summed E-state index contributed by atoms with van der Waals surface area (Å²) in [5, 5.41) is 16.4. The molecule has 0 saturated heterocycles. The minimum Gasteiger partial charge on any atom is -0.383 e. The summed E-state index contributed by atoms with van der Waals surface area (Å²) >= 11 is 1.49. The van der Waals surface area contributed by atoms with Gasteiger partial charge in [-0.25, -0.2) is 0 Å². The van der Waals surface area contributed by atoms with E-state index >= 15 is 0 Å². The summed E-state index contributed by atoms with van der Waals surface area (Å²) in [6.45, 7) is 4.89. The molecule has 0 saturated carbocycles. The Morgan fingerprint density at radius 2 is 2.08 bits per heavy atom. The number of para-hydroxylation sites is 1. The highest BCUT2D eigenvalue weighted by molar-refractivity contribution is 7.10. The van der Waals surface area contributed by atoms with Crippen molar-refractivity contribution < 1.29 is 9.90 Å². The second kappa shape index (κ2) is 6.79. The van der Waals surface area contributed by atoms with Crippen LogP contribution in [-0.2, 0) is 23.4 Å². The molecule has 5 heteroatoms. The average Bonchev–Trinajstić information content (AvgIpc) is 3.22. The van der Waals surface area contributed by atoms with Crippen LogP contribution in [-0.4, -0.2) is 22.1 Å². The van der Waals surface area contributed by atoms with Crippen molar-refractivity contribution in [2.45, 2.75) is 32.4 Å². The predicted molar refractivity (Wildman–Crippen MR) is 98.2 cm³/mol. The number of aliphatic hydroxyl groups is 1. The van der Waals surface area contributed by atoms with Crippen molar-refractivity contribution in [3.05, 3.63) is 58.4 Å². The third-order valence-electron chi connectivity index (χ3n) is 4.24. The monoisotopic (exact) mass is 342 g/mol. The third-order valence-corrected chi connectivity index (χ3v) is 5.37. The molecule has 2 N–H and O–H groups in total. The zero-order chi connectivity index (χ0) is 17.2. The largest absolute Gasteiger partial charge is 0.383 e. The molecule has 2 aromatic heterocycles. The Kier molecular flexibility index (Phi) is 4.73. The van der Waals surface area contributed by atoms with E-state index in [0.717, 1.165) is 27.9 Å². The molecule has 3 rings (SSSR count). The van der Waals surface area contributed by atoms with E-state index < -0.39 is 5.60 Å². The van der Waals surface area contributed by atoms with E-state index in [2.05, 4.69) is 22.9 Å². The zero-order valence-electron chi connectivity index (χ0n) is 14.0. The van der Waals surface area contributed by atoms with Crippen LogP contribution >= 0.6 is 11.3 Å². The molecule has 0 radical (unpaired) electrons. The number of carbonyl (C=O) groups is 1. The minimum absolute atomic E-state index is 0.0779. The van der Waals surface area contributed by atoms with Crippen molar-refractivity contribution in [2.75, 3.05) is 6.54 Å². The van der Waals surface area contributed by atoms with E-state index in [0.29, 0.717) is 6.42 Å². The molecule has 1 atom stereocenters. The van der Waals surface area contributed by atoms with Gasteiger partial charge in [-0.15, -0.1) is 11.3 Å². The number of rotatable bonds is 6. The highest BCUT2D eigenvalue weighted by atomic mass is 32.1. The molecule has 0 bridgehead atoms. The number of hydrogen-bond acceptors (Lipinski definition) is 3. The summed E-state index contributed by atoms with van der Waals surface area (Å²) in [6, 6.07) is 11.9. The van der Waals surface area contributed by atoms with Gasteiger partial charge in [-0.1, -0.05) is 24.3 Å². The SMILES string of the molecule is CCn1cc(CC(=O)NCC(C)(O)c2cccs2)c2ccccc21. The van der Waals surface area contributed by atoms with E-state index in [9.17, 15) is 9.90 Å². The van der Waals surface area contributed by atoms with Gasteiger partial charge in [0.25, 0.3) is 0 Å². The van der Waals surface area contributed by atoms with E-state index in [1.807, 2.05) is 41.9 Å². The number of thiophene rings is 1. The highest BCUT2D eigenvalue weighted by Crippen LogP contribution is 2.25. The van der Waals surface area contributed by atoms with Crippen LogP contribution in [0.4, 0.5) is 0 Å². The Labute approximate surface area is 145 Å². The van der Waals surface area contributed by atoms with Gasteiger partial charge in [-0.3, -0.25) is 4.79 Å². The van der Waals surface area contributed by atoms with Crippen molar-refractivity contribution in [3.8, 4) is 0 Å². The van der Waals surface area contributed by atoms with Crippen molar-refractivity contribution in [1.29, 1.82) is 0 Å².